The van der Waals surface area contributed by atoms with E-state index in [9.17, 15) is 4.79 Å². The van der Waals surface area contributed by atoms with E-state index in [1.807, 2.05) is 37.7 Å². The summed E-state index contributed by atoms with van der Waals surface area (Å²) in [6.45, 7) is 11.4. The first-order valence-corrected chi connectivity index (χ1v) is 10.0. The van der Waals surface area contributed by atoms with Gasteiger partial charge in [0.05, 0.1) is 29.8 Å². The molecule has 3 aromatic rings. The van der Waals surface area contributed by atoms with Gasteiger partial charge in [-0.2, -0.15) is 5.10 Å². The zero-order valence-electron chi connectivity index (χ0n) is 18.3. The van der Waals surface area contributed by atoms with Gasteiger partial charge in [-0.3, -0.25) is 4.79 Å². The van der Waals surface area contributed by atoms with Gasteiger partial charge in [0.1, 0.15) is 6.54 Å². The standard InChI is InChI=1S/C24H30N4O/c1-16-8-11-22(12-9-16)28-20(5)24(19(4)26-28)25-23(29)15-27(6)14-21-10-7-17(2)13-18(21)3/h7-13H,14-15H2,1-6H3,(H,25,29)/p+1. The Bertz CT molecular complexity index is 1020. The average Bonchev–Trinajstić information content (AvgIpc) is 2.93. The minimum absolute atomic E-state index is 0.00178. The molecule has 0 aliphatic carbocycles. The van der Waals surface area contributed by atoms with Crippen LogP contribution in [0.3, 0.4) is 0 Å². The molecule has 0 aliphatic heterocycles. The highest BCUT2D eigenvalue weighted by Gasteiger charge is 2.18. The molecule has 0 aliphatic rings. The summed E-state index contributed by atoms with van der Waals surface area (Å²) in [6, 6.07) is 14.7. The third-order valence-electron chi connectivity index (χ3n) is 5.29. The Morgan fingerprint density at radius 1 is 1.00 bits per heavy atom. The Kier molecular flexibility index (Phi) is 6.18. The first kappa shape index (κ1) is 20.8. The maximum atomic E-state index is 12.7. The predicted molar refractivity (Wildman–Crippen MR) is 118 cm³/mol. The van der Waals surface area contributed by atoms with E-state index >= 15 is 0 Å². The number of carbonyl (C=O) groups is 1. The minimum Gasteiger partial charge on any atom is -0.326 e. The third kappa shape index (κ3) is 4.93. The molecule has 3 rings (SSSR count). The molecular weight excluding hydrogens is 360 g/mol. The number of anilines is 1. The van der Waals surface area contributed by atoms with Crippen molar-refractivity contribution in [1.29, 1.82) is 0 Å². The Balaban J connectivity index is 1.68. The van der Waals surface area contributed by atoms with E-state index < -0.39 is 0 Å². The molecule has 0 spiro atoms. The van der Waals surface area contributed by atoms with E-state index in [-0.39, 0.29) is 5.91 Å². The maximum Gasteiger partial charge on any atom is 0.279 e. The number of aryl methyl sites for hydroxylation is 4. The SMILES string of the molecule is Cc1ccc(-n2nc(C)c(NC(=O)C[NH+](C)Cc3ccc(C)cc3C)c2C)cc1. The molecule has 5 nitrogen and oxygen atoms in total. The normalized spacial score (nSPS) is 12.1. The fraction of sp³-hybridized carbons (Fsp3) is 0.333. The van der Waals surface area contributed by atoms with Crippen LogP contribution in [0.2, 0.25) is 0 Å². The molecule has 2 aromatic carbocycles. The number of amides is 1. The van der Waals surface area contributed by atoms with Gasteiger partial charge in [-0.25, -0.2) is 4.68 Å². The number of hydrogen-bond donors (Lipinski definition) is 2. The number of rotatable bonds is 6. The molecule has 1 aromatic heterocycles. The molecule has 152 valence electrons. The second-order valence-electron chi connectivity index (χ2n) is 8.08. The fourth-order valence-electron chi connectivity index (χ4n) is 3.65. The molecule has 0 radical (unpaired) electrons. The quantitative estimate of drug-likeness (QED) is 0.679. The second-order valence-corrected chi connectivity index (χ2v) is 8.08. The van der Waals surface area contributed by atoms with Crippen LogP contribution in [0.1, 0.15) is 33.6 Å². The number of carbonyl (C=O) groups excluding carboxylic acids is 1. The van der Waals surface area contributed by atoms with E-state index in [4.69, 9.17) is 0 Å². The molecule has 29 heavy (non-hydrogen) atoms. The van der Waals surface area contributed by atoms with Crippen molar-refractivity contribution >= 4 is 11.6 Å². The highest BCUT2D eigenvalue weighted by Crippen LogP contribution is 2.22. The number of nitrogens with zero attached hydrogens (tertiary/aromatic N) is 2. The summed E-state index contributed by atoms with van der Waals surface area (Å²) in [5.74, 6) is 0.00178. The lowest BCUT2D eigenvalue weighted by molar-refractivity contribution is -0.885. The molecule has 0 saturated heterocycles. The Hall–Kier alpha value is -2.92. The highest BCUT2D eigenvalue weighted by molar-refractivity contribution is 5.92. The minimum atomic E-state index is 0.00178. The Labute approximate surface area is 173 Å². The summed E-state index contributed by atoms with van der Waals surface area (Å²) >= 11 is 0. The van der Waals surface area contributed by atoms with E-state index in [0.717, 1.165) is 34.2 Å². The highest BCUT2D eigenvalue weighted by atomic mass is 16.2. The van der Waals surface area contributed by atoms with Gasteiger partial charge in [0.25, 0.3) is 5.91 Å². The smallest absolute Gasteiger partial charge is 0.279 e. The van der Waals surface area contributed by atoms with Crippen molar-refractivity contribution in [3.05, 3.63) is 76.1 Å². The molecule has 2 N–H and O–H groups in total. The van der Waals surface area contributed by atoms with Gasteiger partial charge in [-0.15, -0.1) is 0 Å². The van der Waals surface area contributed by atoms with Crippen molar-refractivity contribution < 1.29 is 9.69 Å². The van der Waals surface area contributed by atoms with Gasteiger partial charge in [-0.05, 0) is 52.3 Å². The predicted octanol–water partition coefficient (Wildman–Crippen LogP) is 3.07. The average molecular weight is 392 g/mol. The number of nitrogens with one attached hydrogen (secondary N) is 2. The number of aromatic nitrogens is 2. The molecular formula is C24H31N4O+. The summed E-state index contributed by atoms with van der Waals surface area (Å²) in [5, 5.41) is 7.70. The zero-order chi connectivity index (χ0) is 21.1. The summed E-state index contributed by atoms with van der Waals surface area (Å²) in [6.07, 6.45) is 0. The van der Waals surface area contributed by atoms with Crippen LogP contribution in [-0.2, 0) is 11.3 Å². The Morgan fingerprint density at radius 2 is 1.66 bits per heavy atom. The van der Waals surface area contributed by atoms with Crippen LogP contribution in [-0.4, -0.2) is 29.3 Å². The Morgan fingerprint density at radius 3 is 2.31 bits per heavy atom. The molecule has 0 fully saturated rings. The topological polar surface area (TPSA) is 51.4 Å². The molecule has 1 unspecified atom stereocenters. The molecule has 5 heteroatoms. The lowest BCUT2D eigenvalue weighted by Gasteiger charge is -2.16. The van der Waals surface area contributed by atoms with Crippen molar-refractivity contribution in [2.24, 2.45) is 0 Å². The summed E-state index contributed by atoms with van der Waals surface area (Å²) in [5.41, 5.74) is 8.58. The van der Waals surface area contributed by atoms with Crippen LogP contribution in [0.4, 0.5) is 5.69 Å². The monoisotopic (exact) mass is 391 g/mol. The molecule has 0 bridgehead atoms. The molecule has 1 atom stereocenters. The van der Waals surface area contributed by atoms with Crippen LogP contribution >= 0.6 is 0 Å². The van der Waals surface area contributed by atoms with Gasteiger partial charge in [0, 0.05) is 5.56 Å². The first-order valence-electron chi connectivity index (χ1n) is 10.0. The number of quaternary nitrogens is 1. The third-order valence-corrected chi connectivity index (χ3v) is 5.29. The van der Waals surface area contributed by atoms with Crippen LogP contribution < -0.4 is 10.2 Å². The zero-order valence-corrected chi connectivity index (χ0v) is 18.3. The van der Waals surface area contributed by atoms with E-state index in [1.165, 1.54) is 22.3 Å². The van der Waals surface area contributed by atoms with Gasteiger partial charge < -0.3 is 10.2 Å². The molecule has 1 amide bonds. The van der Waals surface area contributed by atoms with Crippen molar-refractivity contribution in [1.82, 2.24) is 9.78 Å². The largest absolute Gasteiger partial charge is 0.326 e. The summed E-state index contributed by atoms with van der Waals surface area (Å²) in [4.78, 5) is 13.8. The van der Waals surface area contributed by atoms with Gasteiger partial charge in [0.15, 0.2) is 6.54 Å². The number of benzene rings is 2. The van der Waals surface area contributed by atoms with E-state index in [0.29, 0.717) is 6.54 Å². The van der Waals surface area contributed by atoms with Crippen molar-refractivity contribution in [2.45, 2.75) is 41.2 Å². The lowest BCUT2D eigenvalue weighted by atomic mass is 10.1. The van der Waals surface area contributed by atoms with Crippen LogP contribution in [0.15, 0.2) is 42.5 Å². The second kappa shape index (κ2) is 8.62. The summed E-state index contributed by atoms with van der Waals surface area (Å²) in [7, 11) is 2.05. The van der Waals surface area contributed by atoms with Gasteiger partial charge >= 0.3 is 0 Å². The summed E-state index contributed by atoms with van der Waals surface area (Å²) < 4.78 is 1.89. The van der Waals surface area contributed by atoms with Crippen molar-refractivity contribution in [2.75, 3.05) is 18.9 Å². The fourth-order valence-corrected chi connectivity index (χ4v) is 3.65. The van der Waals surface area contributed by atoms with Crippen LogP contribution in [0, 0.1) is 34.6 Å². The molecule has 1 heterocycles. The van der Waals surface area contributed by atoms with E-state index in [2.05, 4.69) is 61.5 Å². The lowest BCUT2D eigenvalue weighted by Crippen LogP contribution is -3.08. The maximum absolute atomic E-state index is 12.7. The van der Waals surface area contributed by atoms with Crippen molar-refractivity contribution in [3.63, 3.8) is 0 Å². The van der Waals surface area contributed by atoms with Gasteiger partial charge in [0.2, 0.25) is 0 Å². The number of hydrogen-bond acceptors (Lipinski definition) is 2. The first-order chi connectivity index (χ1) is 13.7. The number of likely N-dealkylation sites (N-methyl/N-ethyl adjacent to an activating group) is 1. The van der Waals surface area contributed by atoms with Crippen LogP contribution in [0.5, 0.6) is 0 Å². The van der Waals surface area contributed by atoms with Crippen LogP contribution in [0.25, 0.3) is 5.69 Å². The van der Waals surface area contributed by atoms with Crippen molar-refractivity contribution in [3.8, 4) is 5.69 Å². The van der Waals surface area contributed by atoms with E-state index in [1.54, 1.807) is 0 Å². The molecule has 0 saturated carbocycles. The van der Waals surface area contributed by atoms with Gasteiger partial charge in [-0.1, -0.05) is 41.5 Å².